The zero-order chi connectivity index (χ0) is 17.2. The van der Waals surface area contributed by atoms with Crippen LogP contribution in [0.3, 0.4) is 0 Å². The number of nitrogens with zero attached hydrogens (tertiary/aromatic N) is 1. The molecule has 23 heavy (non-hydrogen) atoms. The lowest BCUT2D eigenvalue weighted by atomic mass is 10.0. The van der Waals surface area contributed by atoms with Crippen molar-refractivity contribution in [1.82, 2.24) is 5.32 Å². The molecule has 1 aromatic carbocycles. The fourth-order valence-electron chi connectivity index (χ4n) is 2.26. The van der Waals surface area contributed by atoms with Crippen molar-refractivity contribution in [3.05, 3.63) is 46.0 Å². The molecule has 0 spiro atoms. The van der Waals surface area contributed by atoms with Crippen molar-refractivity contribution >= 4 is 11.9 Å². The van der Waals surface area contributed by atoms with E-state index >= 15 is 0 Å². The Hall–Kier alpha value is -2.44. The molecular weight excluding hydrogens is 300 g/mol. The average molecular weight is 322 g/mol. The number of amides is 1. The Balaban J connectivity index is 2.58. The van der Waals surface area contributed by atoms with Crippen molar-refractivity contribution in [2.24, 2.45) is 5.92 Å². The first-order valence-corrected chi connectivity index (χ1v) is 7.54. The second-order valence-corrected chi connectivity index (χ2v) is 5.29. The smallest absolute Gasteiger partial charge is 0.306 e. The second-order valence-electron chi connectivity index (χ2n) is 5.29. The van der Waals surface area contributed by atoms with Crippen LogP contribution in [0.5, 0.6) is 0 Å². The third-order valence-electron chi connectivity index (χ3n) is 3.32. The molecule has 0 radical (unpaired) electrons. The van der Waals surface area contributed by atoms with Gasteiger partial charge >= 0.3 is 5.97 Å². The highest BCUT2D eigenvalue weighted by Gasteiger charge is 2.24. The predicted octanol–water partition coefficient (Wildman–Crippen LogP) is 2.10. The van der Waals surface area contributed by atoms with E-state index in [2.05, 4.69) is 5.32 Å². The Morgan fingerprint density at radius 2 is 1.91 bits per heavy atom. The van der Waals surface area contributed by atoms with Gasteiger partial charge in [-0.05, 0) is 19.4 Å². The monoisotopic (exact) mass is 322 g/mol. The van der Waals surface area contributed by atoms with Gasteiger partial charge in [0.2, 0.25) is 12.5 Å². The molecule has 0 aliphatic carbocycles. The van der Waals surface area contributed by atoms with E-state index in [0.717, 1.165) is 5.56 Å². The summed E-state index contributed by atoms with van der Waals surface area (Å²) < 4.78 is 4.79. The van der Waals surface area contributed by atoms with Crippen LogP contribution >= 0.6 is 0 Å². The maximum Gasteiger partial charge on any atom is 0.306 e. The fraction of sp³-hybridized carbons (Fsp3) is 0.500. The molecule has 1 rings (SSSR count). The van der Waals surface area contributed by atoms with Gasteiger partial charge in [-0.2, -0.15) is 0 Å². The third-order valence-corrected chi connectivity index (χ3v) is 3.32. The van der Waals surface area contributed by atoms with E-state index in [0.29, 0.717) is 0 Å². The molecule has 0 aliphatic rings. The predicted molar refractivity (Wildman–Crippen MR) is 84.2 cm³/mol. The number of hydrogen-bond acceptors (Lipinski definition) is 5. The summed E-state index contributed by atoms with van der Waals surface area (Å²) in [6.07, 6.45) is -0.223. The summed E-state index contributed by atoms with van der Waals surface area (Å²) in [5.74, 6) is -1.52. The molecule has 0 heterocycles. The van der Waals surface area contributed by atoms with Crippen LogP contribution in [0.15, 0.2) is 30.3 Å². The van der Waals surface area contributed by atoms with E-state index in [1.54, 1.807) is 6.92 Å². The van der Waals surface area contributed by atoms with Gasteiger partial charge in [0.05, 0.1) is 19.1 Å². The fourth-order valence-corrected chi connectivity index (χ4v) is 2.26. The molecule has 7 nitrogen and oxygen atoms in total. The van der Waals surface area contributed by atoms with Gasteiger partial charge in [-0.25, -0.2) is 0 Å². The maximum atomic E-state index is 12.1. The minimum atomic E-state index is -0.674. The highest BCUT2D eigenvalue weighted by Crippen LogP contribution is 2.14. The molecule has 126 valence electrons. The Kier molecular flexibility index (Phi) is 7.73. The van der Waals surface area contributed by atoms with Gasteiger partial charge in [-0.1, -0.05) is 30.3 Å². The van der Waals surface area contributed by atoms with Crippen molar-refractivity contribution < 1.29 is 19.2 Å². The van der Waals surface area contributed by atoms with Crippen molar-refractivity contribution in [3.63, 3.8) is 0 Å². The van der Waals surface area contributed by atoms with E-state index in [1.165, 1.54) is 0 Å². The minimum Gasteiger partial charge on any atom is -0.466 e. The first kappa shape index (κ1) is 18.6. The van der Waals surface area contributed by atoms with Crippen LogP contribution in [-0.2, 0) is 14.3 Å². The largest absolute Gasteiger partial charge is 0.466 e. The molecule has 2 atom stereocenters. The number of rotatable bonds is 9. The van der Waals surface area contributed by atoms with Gasteiger partial charge in [0.1, 0.15) is 0 Å². The maximum absolute atomic E-state index is 12.1. The Morgan fingerprint density at radius 1 is 1.26 bits per heavy atom. The lowest BCUT2D eigenvalue weighted by Gasteiger charge is -2.16. The van der Waals surface area contributed by atoms with E-state index in [1.807, 2.05) is 37.3 Å². The van der Waals surface area contributed by atoms with Crippen molar-refractivity contribution in [3.8, 4) is 0 Å². The van der Waals surface area contributed by atoms with Crippen LogP contribution in [0.2, 0.25) is 0 Å². The molecule has 0 saturated carbocycles. The highest BCUT2D eigenvalue weighted by molar-refractivity contribution is 5.78. The number of carbonyl (C=O) groups is 2. The van der Waals surface area contributed by atoms with Crippen molar-refractivity contribution in [1.29, 1.82) is 0 Å². The lowest BCUT2D eigenvalue weighted by molar-refractivity contribution is -0.487. The minimum absolute atomic E-state index is 0.0863. The van der Waals surface area contributed by atoms with E-state index in [9.17, 15) is 19.7 Å². The van der Waals surface area contributed by atoms with Crippen LogP contribution in [0, 0.1) is 16.0 Å². The standard InChI is InChI=1S/C16H22N2O5/c1-3-23-16(20)10-13(11-18(21)22)9-15(19)17-12(2)14-7-5-4-6-8-14/h4-8,12-13H,3,9-11H2,1-2H3,(H,17,19). The van der Waals surface area contributed by atoms with Gasteiger partial charge in [-0.3, -0.25) is 19.7 Å². The highest BCUT2D eigenvalue weighted by atomic mass is 16.6. The zero-order valence-electron chi connectivity index (χ0n) is 13.4. The Morgan fingerprint density at radius 3 is 2.48 bits per heavy atom. The van der Waals surface area contributed by atoms with E-state index in [-0.39, 0.29) is 31.4 Å². The first-order chi connectivity index (χ1) is 10.9. The Bertz CT molecular complexity index is 533. The van der Waals surface area contributed by atoms with Crippen LogP contribution in [0.4, 0.5) is 0 Å². The average Bonchev–Trinajstić information content (AvgIpc) is 2.47. The van der Waals surface area contributed by atoms with Crippen molar-refractivity contribution in [2.45, 2.75) is 32.7 Å². The topological polar surface area (TPSA) is 98.5 Å². The number of hydrogen-bond donors (Lipinski definition) is 1. The number of carbonyl (C=O) groups excluding carboxylic acids is 2. The Labute approximate surface area is 135 Å². The summed E-state index contributed by atoms with van der Waals surface area (Å²) in [5, 5.41) is 13.5. The van der Waals surface area contributed by atoms with Gasteiger partial charge in [-0.15, -0.1) is 0 Å². The van der Waals surface area contributed by atoms with Gasteiger partial charge in [0.25, 0.3) is 0 Å². The molecule has 0 aromatic heterocycles. The summed E-state index contributed by atoms with van der Waals surface area (Å²) in [5.41, 5.74) is 0.942. The molecule has 1 aromatic rings. The molecule has 0 aliphatic heterocycles. The van der Waals surface area contributed by atoms with Gasteiger partial charge in [0.15, 0.2) is 0 Å². The summed E-state index contributed by atoms with van der Waals surface area (Å²) in [7, 11) is 0. The van der Waals surface area contributed by atoms with Gasteiger partial charge in [0, 0.05) is 17.3 Å². The SMILES string of the molecule is CCOC(=O)CC(CC(=O)NC(C)c1ccccc1)C[N+](=O)[O-]. The summed E-state index contributed by atoms with van der Waals surface area (Å²) in [4.78, 5) is 33.7. The second kappa shape index (κ2) is 9.55. The van der Waals surface area contributed by atoms with Gasteiger partial charge < -0.3 is 10.1 Å². The normalized spacial score (nSPS) is 13.0. The van der Waals surface area contributed by atoms with Crippen LogP contribution in [-0.4, -0.2) is 30.0 Å². The number of nitro groups is 1. The summed E-state index contributed by atoms with van der Waals surface area (Å²) in [6.45, 7) is 3.27. The van der Waals surface area contributed by atoms with Crippen LogP contribution in [0.1, 0.15) is 38.3 Å². The van der Waals surface area contributed by atoms with Crippen LogP contribution < -0.4 is 5.32 Å². The molecule has 1 amide bonds. The molecule has 0 fully saturated rings. The number of benzene rings is 1. The molecular formula is C16H22N2O5. The number of nitrogens with one attached hydrogen (secondary N) is 1. The molecule has 1 N–H and O–H groups in total. The third kappa shape index (κ3) is 7.39. The molecule has 2 unspecified atom stereocenters. The van der Waals surface area contributed by atoms with E-state index < -0.39 is 23.4 Å². The number of ether oxygens (including phenoxy) is 1. The molecule has 0 bridgehead atoms. The molecule has 7 heteroatoms. The first-order valence-electron chi connectivity index (χ1n) is 7.54. The number of esters is 1. The van der Waals surface area contributed by atoms with E-state index in [4.69, 9.17) is 4.74 Å². The molecule has 0 saturated heterocycles. The zero-order valence-corrected chi connectivity index (χ0v) is 13.4. The summed E-state index contributed by atoms with van der Waals surface area (Å²) in [6, 6.07) is 9.19. The lowest BCUT2D eigenvalue weighted by Crippen LogP contribution is -2.31. The quantitative estimate of drug-likeness (QED) is 0.426. The summed E-state index contributed by atoms with van der Waals surface area (Å²) >= 11 is 0. The van der Waals surface area contributed by atoms with Crippen LogP contribution in [0.25, 0.3) is 0 Å². The van der Waals surface area contributed by atoms with Crippen molar-refractivity contribution in [2.75, 3.05) is 13.2 Å².